The molecule has 0 saturated heterocycles. The topological polar surface area (TPSA) is 9.23 Å². The maximum atomic E-state index is 6.56. The smallest absolute Gasteiger partial charge is 0.243 e. The average Bonchev–Trinajstić information content (AvgIpc) is 2.81. The molecule has 1 atom stereocenters. The van der Waals surface area contributed by atoms with Gasteiger partial charge >= 0.3 is 0 Å². The fraction of sp³-hybridized carbons (Fsp3) is 0.586. The van der Waals surface area contributed by atoms with Gasteiger partial charge in [0.05, 0.1) is 0 Å². The average molecular weight is 437 g/mol. The van der Waals surface area contributed by atoms with E-state index in [0.29, 0.717) is 21.4 Å². The van der Waals surface area contributed by atoms with Gasteiger partial charge in [0.2, 0.25) is 9.76 Å². The van der Waals surface area contributed by atoms with Crippen LogP contribution in [-0.4, -0.2) is 15.9 Å². The van der Waals surface area contributed by atoms with Crippen LogP contribution < -0.4 is 0 Å². The van der Waals surface area contributed by atoms with Crippen molar-refractivity contribution in [3.8, 4) is 0 Å². The number of rotatable bonds is 18. The van der Waals surface area contributed by atoms with Gasteiger partial charge in [-0.25, -0.2) is 0 Å². The first-order valence-corrected chi connectivity index (χ1v) is 13.8. The van der Waals surface area contributed by atoms with Gasteiger partial charge in [-0.1, -0.05) is 145 Å². The summed E-state index contributed by atoms with van der Waals surface area (Å²) in [6.45, 7) is 4.57. The van der Waals surface area contributed by atoms with Gasteiger partial charge in [0, 0.05) is 11.6 Å². The lowest BCUT2D eigenvalue weighted by molar-refractivity contribution is 0.182. The second-order valence-corrected chi connectivity index (χ2v) is 9.92. The van der Waals surface area contributed by atoms with E-state index in [9.17, 15) is 0 Å². The molecule has 0 saturated carbocycles. The van der Waals surface area contributed by atoms with Gasteiger partial charge in [-0.15, -0.1) is 0 Å². The van der Waals surface area contributed by atoms with Crippen LogP contribution in [0.5, 0.6) is 0 Å². The van der Waals surface area contributed by atoms with E-state index in [1.807, 2.05) is 0 Å². The van der Waals surface area contributed by atoms with Gasteiger partial charge in [-0.05, 0) is 24.0 Å². The number of unbranched alkanes of at least 4 members (excludes halogenated alkanes) is 9. The van der Waals surface area contributed by atoms with Crippen LogP contribution in [0.4, 0.5) is 0 Å². The molecule has 2 rings (SSSR count). The Balaban J connectivity index is 1.73. The van der Waals surface area contributed by atoms with Crippen molar-refractivity contribution < 1.29 is 4.43 Å². The highest BCUT2D eigenvalue weighted by atomic mass is 28.2. The molecule has 0 N–H and O–H groups in total. The van der Waals surface area contributed by atoms with Crippen molar-refractivity contribution in [1.29, 1.82) is 0 Å². The molecule has 1 nitrogen and oxygen atoms in total. The zero-order valence-corrected chi connectivity index (χ0v) is 21.0. The first-order chi connectivity index (χ1) is 15.3. The van der Waals surface area contributed by atoms with Crippen LogP contribution in [0.3, 0.4) is 0 Å². The van der Waals surface area contributed by atoms with Crippen molar-refractivity contribution in [2.24, 2.45) is 0 Å². The molecular formula is C29H44OSi. The predicted molar refractivity (Wildman–Crippen MR) is 137 cm³/mol. The second kappa shape index (κ2) is 17.2. The molecule has 0 aliphatic carbocycles. The summed E-state index contributed by atoms with van der Waals surface area (Å²) in [6.07, 6.45) is 18.0. The first-order valence-electron chi connectivity index (χ1n) is 12.9. The van der Waals surface area contributed by atoms with Crippen LogP contribution in [0.1, 0.15) is 114 Å². The Morgan fingerprint density at radius 1 is 0.581 bits per heavy atom. The Hall–Kier alpha value is -1.38. The predicted octanol–water partition coefficient (Wildman–Crippen LogP) is 8.89. The van der Waals surface area contributed by atoms with Crippen molar-refractivity contribution in [2.75, 3.05) is 0 Å². The van der Waals surface area contributed by atoms with Gasteiger partial charge in [-0.2, -0.15) is 0 Å². The molecule has 2 aromatic carbocycles. The van der Waals surface area contributed by atoms with E-state index < -0.39 is 0 Å². The normalized spacial score (nSPS) is 12.4. The van der Waals surface area contributed by atoms with Gasteiger partial charge in [0.1, 0.15) is 0 Å². The van der Waals surface area contributed by atoms with Gasteiger partial charge < -0.3 is 4.43 Å². The number of benzene rings is 2. The van der Waals surface area contributed by atoms with E-state index in [2.05, 4.69) is 74.5 Å². The van der Waals surface area contributed by atoms with E-state index in [-0.39, 0.29) is 0 Å². The van der Waals surface area contributed by atoms with Crippen LogP contribution in [0, 0.1) is 0 Å². The molecule has 31 heavy (non-hydrogen) atoms. The molecule has 0 aromatic heterocycles. The summed E-state index contributed by atoms with van der Waals surface area (Å²) in [4.78, 5) is 0. The maximum Gasteiger partial charge on any atom is 0.243 e. The summed E-state index contributed by atoms with van der Waals surface area (Å²) >= 11 is 0. The van der Waals surface area contributed by atoms with Gasteiger partial charge in [-0.3, -0.25) is 0 Å². The van der Waals surface area contributed by atoms with Crippen LogP contribution in [-0.2, 0) is 4.43 Å². The van der Waals surface area contributed by atoms with Crippen molar-refractivity contribution in [3.63, 3.8) is 0 Å². The minimum absolute atomic E-state index is 0.342. The molecule has 0 fully saturated rings. The van der Waals surface area contributed by atoms with Gasteiger partial charge in [0.25, 0.3) is 0 Å². The Kier molecular flexibility index (Phi) is 14.4. The zero-order valence-electron chi connectivity index (χ0n) is 20.0. The fourth-order valence-electron chi connectivity index (χ4n) is 4.23. The van der Waals surface area contributed by atoms with Crippen LogP contribution >= 0.6 is 0 Å². The van der Waals surface area contributed by atoms with Crippen LogP contribution in [0.15, 0.2) is 60.7 Å². The third kappa shape index (κ3) is 11.2. The maximum absolute atomic E-state index is 6.56. The van der Waals surface area contributed by atoms with Crippen LogP contribution in [0.2, 0.25) is 0 Å². The largest absolute Gasteiger partial charge is 0.414 e. The summed E-state index contributed by atoms with van der Waals surface area (Å²) in [7, 11) is 0.480. The third-order valence-electron chi connectivity index (χ3n) is 6.11. The monoisotopic (exact) mass is 436 g/mol. The molecule has 170 valence electrons. The summed E-state index contributed by atoms with van der Waals surface area (Å²) < 4.78 is 6.56. The molecule has 0 bridgehead atoms. The van der Waals surface area contributed by atoms with Crippen LogP contribution in [0.25, 0.3) is 0 Å². The van der Waals surface area contributed by atoms with E-state index in [1.165, 1.54) is 94.6 Å². The molecule has 2 aromatic rings. The Bertz CT molecular complexity index is 603. The molecule has 0 amide bonds. The minimum Gasteiger partial charge on any atom is -0.414 e. The fourth-order valence-corrected chi connectivity index (χ4v) is 5.45. The quantitative estimate of drug-likeness (QED) is 0.167. The zero-order chi connectivity index (χ0) is 22.0. The highest BCUT2D eigenvalue weighted by molar-refractivity contribution is 6.31. The summed E-state index contributed by atoms with van der Waals surface area (Å²) in [5.41, 5.74) is 3.07. The molecule has 1 unspecified atom stereocenters. The Morgan fingerprint density at radius 2 is 1.06 bits per heavy atom. The molecule has 2 radical (unpaired) electrons. The lowest BCUT2D eigenvalue weighted by Gasteiger charge is -2.22. The first kappa shape index (κ1) is 25.9. The Morgan fingerprint density at radius 3 is 1.55 bits per heavy atom. The SMILES string of the molecule is CCCCCCCCCCCCC(CCC)O[Si]C(c1ccccc1)c1ccccc1. The Labute approximate surface area is 195 Å². The lowest BCUT2D eigenvalue weighted by atomic mass is 10.0. The number of hydrogen-bond donors (Lipinski definition) is 0. The van der Waals surface area contributed by atoms with E-state index in [1.54, 1.807) is 0 Å². The standard InChI is InChI=1S/C29H44OSi/c1-3-5-6-7-8-9-10-11-12-19-25-28(20-4-2)30-31-29(26-21-15-13-16-22-26)27-23-17-14-18-24-27/h13-18,21-24,28-29H,3-12,19-20,25H2,1-2H3. The molecule has 0 aliphatic heterocycles. The lowest BCUT2D eigenvalue weighted by Crippen LogP contribution is -2.21. The van der Waals surface area contributed by atoms with Crippen molar-refractivity contribution >= 4 is 9.76 Å². The van der Waals surface area contributed by atoms with Gasteiger partial charge in [0.15, 0.2) is 0 Å². The molecular weight excluding hydrogens is 392 g/mol. The molecule has 0 aliphatic rings. The third-order valence-corrected chi connectivity index (χ3v) is 7.48. The molecule has 0 heterocycles. The second-order valence-electron chi connectivity index (χ2n) is 8.87. The minimum atomic E-state index is 0.342. The highest BCUT2D eigenvalue weighted by Gasteiger charge is 2.19. The summed E-state index contributed by atoms with van der Waals surface area (Å²) in [6, 6.07) is 21.7. The highest BCUT2D eigenvalue weighted by Crippen LogP contribution is 2.25. The van der Waals surface area contributed by atoms with Crippen molar-refractivity contribution in [3.05, 3.63) is 71.8 Å². The van der Waals surface area contributed by atoms with E-state index in [0.717, 1.165) is 0 Å². The summed E-state index contributed by atoms with van der Waals surface area (Å²) in [5.74, 6) is 0. The molecule has 0 spiro atoms. The van der Waals surface area contributed by atoms with E-state index in [4.69, 9.17) is 4.43 Å². The van der Waals surface area contributed by atoms with E-state index >= 15 is 0 Å². The molecule has 2 heteroatoms. The van der Waals surface area contributed by atoms with Crippen molar-refractivity contribution in [1.82, 2.24) is 0 Å². The summed E-state index contributed by atoms with van der Waals surface area (Å²) in [5, 5.41) is 0. The van der Waals surface area contributed by atoms with Crippen molar-refractivity contribution in [2.45, 2.75) is 109 Å². The number of hydrogen-bond acceptors (Lipinski definition) is 1.